The number of hydrogen-bond donors (Lipinski definition) is 1. The van der Waals surface area contributed by atoms with Crippen LogP contribution in [0.3, 0.4) is 0 Å². The molecule has 1 aliphatic carbocycles. The van der Waals surface area contributed by atoms with Gasteiger partial charge in [0.2, 0.25) is 0 Å². The van der Waals surface area contributed by atoms with Crippen molar-refractivity contribution < 1.29 is 14.7 Å². The van der Waals surface area contributed by atoms with E-state index in [4.69, 9.17) is 11.6 Å². The Morgan fingerprint density at radius 1 is 1.31 bits per heavy atom. The minimum absolute atomic E-state index is 0.101. The van der Waals surface area contributed by atoms with Crippen LogP contribution < -0.4 is 0 Å². The van der Waals surface area contributed by atoms with Gasteiger partial charge in [-0.1, -0.05) is 50.9 Å². The fraction of sp³-hybridized carbons (Fsp3) is 0.619. The van der Waals surface area contributed by atoms with Crippen LogP contribution in [0.2, 0.25) is 5.02 Å². The van der Waals surface area contributed by atoms with Crippen molar-refractivity contribution in [1.29, 1.82) is 0 Å². The topological polar surface area (TPSA) is 57.6 Å². The van der Waals surface area contributed by atoms with E-state index in [9.17, 15) is 14.7 Å². The van der Waals surface area contributed by atoms with Crippen molar-refractivity contribution >= 4 is 23.5 Å². The number of fused-ring (bicyclic) bond motifs is 3. The summed E-state index contributed by atoms with van der Waals surface area (Å²) in [7, 11) is 1.76. The Morgan fingerprint density at radius 2 is 1.96 bits per heavy atom. The van der Waals surface area contributed by atoms with Crippen molar-refractivity contribution in [3.8, 4) is 0 Å². The van der Waals surface area contributed by atoms with Gasteiger partial charge in [-0.25, -0.2) is 0 Å². The molecule has 0 saturated heterocycles. The maximum absolute atomic E-state index is 13.2. The summed E-state index contributed by atoms with van der Waals surface area (Å²) in [5.74, 6) is -0.815. The third kappa shape index (κ3) is 2.57. The molecule has 2 aliphatic rings. The van der Waals surface area contributed by atoms with Gasteiger partial charge in [-0.3, -0.25) is 9.59 Å². The second-order valence-corrected chi connectivity index (χ2v) is 9.16. The Hall–Kier alpha value is -1.55. The van der Waals surface area contributed by atoms with Crippen LogP contribution in [0.25, 0.3) is 0 Å². The van der Waals surface area contributed by atoms with Crippen molar-refractivity contribution in [2.75, 3.05) is 13.6 Å². The average Bonchev–Trinajstić information content (AvgIpc) is 2.64. The molecule has 1 aromatic rings. The Morgan fingerprint density at radius 3 is 2.54 bits per heavy atom. The third-order valence-electron chi connectivity index (χ3n) is 6.85. The number of carbonyl (C=O) groups is 2. The Balaban J connectivity index is 2.29. The SMILES string of the molecule is CC(C)c1ccc2c(c1Cl)C(=O)N(C)C[C@H]1[C@](C)(C(=O)O)CCC[C@]21C. The van der Waals surface area contributed by atoms with Crippen LogP contribution >= 0.6 is 11.6 Å². The number of hydrogen-bond acceptors (Lipinski definition) is 2. The third-order valence-corrected chi connectivity index (χ3v) is 7.25. The van der Waals surface area contributed by atoms with Crippen molar-refractivity contribution in [2.45, 2.75) is 58.3 Å². The van der Waals surface area contributed by atoms with Gasteiger partial charge in [0.15, 0.2) is 0 Å². The molecule has 1 N–H and O–H groups in total. The van der Waals surface area contributed by atoms with E-state index in [0.29, 0.717) is 23.6 Å². The highest BCUT2D eigenvalue weighted by Crippen LogP contribution is 2.55. The quantitative estimate of drug-likeness (QED) is 0.812. The fourth-order valence-electron chi connectivity index (χ4n) is 5.13. The predicted octanol–water partition coefficient (Wildman–Crippen LogP) is 4.70. The van der Waals surface area contributed by atoms with Gasteiger partial charge < -0.3 is 10.0 Å². The molecule has 0 radical (unpaired) electrons. The molecule has 1 aromatic carbocycles. The van der Waals surface area contributed by atoms with Crippen LogP contribution in [0.15, 0.2) is 12.1 Å². The second kappa shape index (κ2) is 6.26. The Kier molecular flexibility index (Phi) is 4.63. The first kappa shape index (κ1) is 19.2. The number of aliphatic carboxylic acids is 1. The van der Waals surface area contributed by atoms with Crippen molar-refractivity contribution in [3.63, 3.8) is 0 Å². The minimum Gasteiger partial charge on any atom is -0.481 e. The van der Waals surface area contributed by atoms with Gasteiger partial charge in [0.05, 0.1) is 16.0 Å². The molecule has 3 atom stereocenters. The van der Waals surface area contributed by atoms with Crippen LogP contribution in [-0.2, 0) is 10.2 Å². The van der Waals surface area contributed by atoms with Gasteiger partial charge in [0.1, 0.15) is 0 Å². The van der Waals surface area contributed by atoms with Gasteiger partial charge in [0.25, 0.3) is 5.91 Å². The highest BCUT2D eigenvalue weighted by atomic mass is 35.5. The first-order valence-corrected chi connectivity index (χ1v) is 9.73. The molecule has 142 valence electrons. The molecular weight excluding hydrogens is 350 g/mol. The molecule has 1 amide bonds. The van der Waals surface area contributed by atoms with E-state index in [1.54, 1.807) is 11.9 Å². The fourth-order valence-corrected chi connectivity index (χ4v) is 5.59. The number of amides is 1. The van der Waals surface area contributed by atoms with E-state index in [0.717, 1.165) is 24.0 Å². The van der Waals surface area contributed by atoms with Crippen molar-refractivity contribution in [2.24, 2.45) is 11.3 Å². The molecule has 3 rings (SSSR count). The molecule has 1 fully saturated rings. The molecule has 1 heterocycles. The molecule has 5 heteroatoms. The zero-order valence-corrected chi connectivity index (χ0v) is 17.0. The average molecular weight is 378 g/mol. The lowest BCUT2D eigenvalue weighted by atomic mass is 9.53. The van der Waals surface area contributed by atoms with Gasteiger partial charge in [-0.15, -0.1) is 0 Å². The summed E-state index contributed by atoms with van der Waals surface area (Å²) < 4.78 is 0. The highest BCUT2D eigenvalue weighted by molar-refractivity contribution is 6.35. The summed E-state index contributed by atoms with van der Waals surface area (Å²) in [4.78, 5) is 27.0. The van der Waals surface area contributed by atoms with Crippen LogP contribution in [0, 0.1) is 11.3 Å². The zero-order valence-electron chi connectivity index (χ0n) is 16.2. The van der Waals surface area contributed by atoms with E-state index < -0.39 is 11.4 Å². The molecule has 0 unspecified atom stereocenters. The first-order chi connectivity index (χ1) is 12.0. The number of carbonyl (C=O) groups excluding carboxylic acids is 1. The molecule has 0 bridgehead atoms. The Bertz CT molecular complexity index is 775. The van der Waals surface area contributed by atoms with Crippen LogP contribution in [0.4, 0.5) is 0 Å². The molecule has 0 aromatic heterocycles. The van der Waals surface area contributed by atoms with E-state index in [1.807, 2.05) is 19.1 Å². The van der Waals surface area contributed by atoms with Gasteiger partial charge >= 0.3 is 5.97 Å². The second-order valence-electron chi connectivity index (χ2n) is 8.78. The number of carboxylic acid groups (broad SMARTS) is 1. The summed E-state index contributed by atoms with van der Waals surface area (Å²) in [5.41, 5.74) is 1.21. The number of nitrogens with zero attached hydrogens (tertiary/aromatic N) is 1. The van der Waals surface area contributed by atoms with Gasteiger partial charge in [-0.2, -0.15) is 0 Å². The van der Waals surface area contributed by atoms with Crippen LogP contribution in [0.1, 0.15) is 74.4 Å². The van der Waals surface area contributed by atoms with Gasteiger partial charge in [0, 0.05) is 19.5 Å². The Labute approximate surface area is 160 Å². The molecule has 4 nitrogen and oxygen atoms in total. The largest absolute Gasteiger partial charge is 0.481 e. The minimum atomic E-state index is -0.855. The van der Waals surface area contributed by atoms with Crippen molar-refractivity contribution in [3.05, 3.63) is 33.8 Å². The number of benzene rings is 1. The highest BCUT2D eigenvalue weighted by Gasteiger charge is 2.56. The predicted molar refractivity (Wildman–Crippen MR) is 103 cm³/mol. The summed E-state index contributed by atoms with van der Waals surface area (Å²) in [6.45, 7) is 8.51. The smallest absolute Gasteiger partial charge is 0.309 e. The lowest BCUT2D eigenvalue weighted by Gasteiger charge is -2.50. The van der Waals surface area contributed by atoms with Crippen LogP contribution in [-0.4, -0.2) is 35.5 Å². The summed E-state index contributed by atoms with van der Waals surface area (Å²) >= 11 is 6.72. The molecule has 1 saturated carbocycles. The van der Waals surface area contributed by atoms with E-state index in [-0.39, 0.29) is 23.2 Å². The van der Waals surface area contributed by atoms with E-state index >= 15 is 0 Å². The molecule has 26 heavy (non-hydrogen) atoms. The molecular formula is C21H28ClNO3. The number of halogens is 1. The lowest BCUT2D eigenvalue weighted by molar-refractivity contribution is -0.157. The van der Waals surface area contributed by atoms with Crippen LogP contribution in [0.5, 0.6) is 0 Å². The maximum atomic E-state index is 13.2. The van der Waals surface area contributed by atoms with E-state index in [1.165, 1.54) is 0 Å². The number of rotatable bonds is 2. The maximum Gasteiger partial charge on any atom is 0.309 e. The van der Waals surface area contributed by atoms with Gasteiger partial charge in [-0.05, 0) is 42.2 Å². The standard InChI is InChI=1S/C21H28ClNO3/c1-12(2)13-7-8-14-16(17(13)22)18(24)23(5)11-15-20(14,3)9-6-10-21(15,4)19(25)26/h7-8,12,15H,6,9-11H2,1-5H3,(H,25,26)/t15-,20-,21-/m1/s1. The lowest BCUT2D eigenvalue weighted by Crippen LogP contribution is -2.53. The molecule has 1 aliphatic heterocycles. The zero-order chi connectivity index (χ0) is 19.4. The summed E-state index contributed by atoms with van der Waals surface area (Å²) in [6, 6.07) is 4.04. The van der Waals surface area contributed by atoms with E-state index in [2.05, 4.69) is 20.8 Å². The molecule has 0 spiro atoms. The normalized spacial score (nSPS) is 31.4. The monoisotopic (exact) mass is 377 g/mol. The summed E-state index contributed by atoms with van der Waals surface area (Å²) in [6.07, 6.45) is 2.33. The van der Waals surface area contributed by atoms with Crippen molar-refractivity contribution in [1.82, 2.24) is 4.90 Å². The first-order valence-electron chi connectivity index (χ1n) is 9.35. The summed E-state index contributed by atoms with van der Waals surface area (Å²) in [5, 5.41) is 10.5. The number of carboxylic acids is 1.